The molecule has 6 heteroatoms. The first kappa shape index (κ1) is 21.0. The third-order valence-electron chi connectivity index (χ3n) is 5.21. The van der Waals surface area contributed by atoms with Crippen LogP contribution in [0.5, 0.6) is 0 Å². The van der Waals surface area contributed by atoms with Crippen LogP contribution < -0.4 is 10.6 Å². The molecule has 1 unspecified atom stereocenters. The highest BCUT2D eigenvalue weighted by Gasteiger charge is 2.21. The van der Waals surface area contributed by atoms with Crippen molar-refractivity contribution < 1.29 is 9.59 Å². The predicted molar refractivity (Wildman–Crippen MR) is 114 cm³/mol. The lowest BCUT2D eigenvalue weighted by Gasteiger charge is -2.34. The Bertz CT molecular complexity index is 774. The highest BCUT2D eigenvalue weighted by Crippen LogP contribution is 2.11. The van der Waals surface area contributed by atoms with Crippen LogP contribution >= 0.6 is 0 Å². The number of carbonyl (C=O) groups excluding carboxylic acids is 2. The lowest BCUT2D eigenvalue weighted by atomic mass is 10.1. The van der Waals surface area contributed by atoms with Crippen LogP contribution in [-0.4, -0.2) is 60.9 Å². The fourth-order valence-corrected chi connectivity index (χ4v) is 3.48. The first-order valence-corrected chi connectivity index (χ1v) is 10.2. The average Bonchev–Trinajstić information content (AvgIpc) is 2.75. The van der Waals surface area contributed by atoms with Crippen molar-refractivity contribution in [1.82, 2.24) is 20.4 Å². The predicted octanol–water partition coefficient (Wildman–Crippen LogP) is 1.80. The van der Waals surface area contributed by atoms with Crippen LogP contribution in [0.15, 0.2) is 60.7 Å². The zero-order valence-electron chi connectivity index (χ0n) is 17.0. The number of hydrogen-bond acceptors (Lipinski definition) is 4. The fourth-order valence-electron chi connectivity index (χ4n) is 3.48. The minimum atomic E-state index is -0.00157. The molecule has 0 radical (unpaired) electrons. The number of carbonyl (C=O) groups is 2. The van der Waals surface area contributed by atoms with Crippen molar-refractivity contribution in [3.63, 3.8) is 0 Å². The molecule has 2 amide bonds. The van der Waals surface area contributed by atoms with Gasteiger partial charge in [-0.05, 0) is 18.1 Å². The van der Waals surface area contributed by atoms with Crippen LogP contribution in [0.3, 0.4) is 0 Å². The minimum absolute atomic E-state index is 0.00157. The lowest BCUT2D eigenvalue weighted by Crippen LogP contribution is -2.51. The van der Waals surface area contributed by atoms with Crippen LogP contribution in [0.4, 0.5) is 0 Å². The number of piperazine rings is 1. The van der Waals surface area contributed by atoms with Crippen LogP contribution in [0.25, 0.3) is 0 Å². The average molecular weight is 395 g/mol. The second-order valence-corrected chi connectivity index (χ2v) is 7.51. The van der Waals surface area contributed by atoms with Crippen LogP contribution in [-0.2, 0) is 16.1 Å². The van der Waals surface area contributed by atoms with E-state index in [2.05, 4.69) is 20.4 Å². The highest BCUT2D eigenvalue weighted by molar-refractivity contribution is 5.79. The molecule has 1 heterocycles. The summed E-state index contributed by atoms with van der Waals surface area (Å²) >= 11 is 0. The van der Waals surface area contributed by atoms with Crippen LogP contribution in [0.2, 0.25) is 0 Å². The molecule has 1 saturated heterocycles. The Kier molecular flexibility index (Phi) is 7.78. The van der Waals surface area contributed by atoms with Gasteiger partial charge in [0.05, 0.1) is 19.1 Å². The number of amides is 2. The molecule has 0 aromatic heterocycles. The quantitative estimate of drug-likeness (QED) is 0.717. The summed E-state index contributed by atoms with van der Waals surface area (Å²) in [5, 5.41) is 6.03. The molecule has 1 aliphatic rings. The highest BCUT2D eigenvalue weighted by atomic mass is 16.2. The number of nitrogens with zero attached hydrogens (tertiary/aromatic N) is 2. The Morgan fingerprint density at radius 2 is 1.34 bits per heavy atom. The van der Waals surface area contributed by atoms with E-state index < -0.39 is 0 Å². The molecule has 154 valence electrons. The monoisotopic (exact) mass is 394 g/mol. The van der Waals surface area contributed by atoms with Crippen molar-refractivity contribution >= 4 is 11.8 Å². The number of benzene rings is 2. The van der Waals surface area contributed by atoms with Crippen molar-refractivity contribution in [2.75, 3.05) is 39.3 Å². The molecule has 0 saturated carbocycles. The molecule has 2 aromatic rings. The van der Waals surface area contributed by atoms with Gasteiger partial charge in [-0.1, -0.05) is 60.7 Å². The van der Waals surface area contributed by atoms with E-state index in [9.17, 15) is 9.59 Å². The Morgan fingerprint density at radius 1 is 0.828 bits per heavy atom. The molecule has 0 spiro atoms. The molecule has 0 bridgehead atoms. The molecule has 2 aromatic carbocycles. The molecule has 2 N–H and O–H groups in total. The van der Waals surface area contributed by atoms with Gasteiger partial charge >= 0.3 is 0 Å². The molecule has 1 atom stereocenters. The molecule has 29 heavy (non-hydrogen) atoms. The van der Waals surface area contributed by atoms with Gasteiger partial charge in [-0.15, -0.1) is 0 Å². The second kappa shape index (κ2) is 10.7. The van der Waals surface area contributed by atoms with Crippen LogP contribution in [0.1, 0.15) is 24.1 Å². The summed E-state index contributed by atoms with van der Waals surface area (Å²) in [6, 6.07) is 19.9. The Hall–Kier alpha value is -2.70. The van der Waals surface area contributed by atoms with E-state index >= 15 is 0 Å². The topological polar surface area (TPSA) is 64.7 Å². The van der Waals surface area contributed by atoms with Crippen molar-refractivity contribution in [2.45, 2.75) is 19.5 Å². The zero-order valence-corrected chi connectivity index (χ0v) is 17.0. The second-order valence-electron chi connectivity index (χ2n) is 7.51. The van der Waals surface area contributed by atoms with Gasteiger partial charge in [0.25, 0.3) is 0 Å². The summed E-state index contributed by atoms with van der Waals surface area (Å²) in [6.07, 6.45) is 0. The summed E-state index contributed by atoms with van der Waals surface area (Å²) in [5.74, 6) is 0.0761. The normalized spacial score (nSPS) is 16.2. The molecule has 1 fully saturated rings. The van der Waals surface area contributed by atoms with Gasteiger partial charge in [0.2, 0.25) is 11.8 Å². The fraction of sp³-hybridized carbons (Fsp3) is 0.391. The van der Waals surface area contributed by atoms with Crippen molar-refractivity contribution in [2.24, 2.45) is 0 Å². The first-order chi connectivity index (χ1) is 14.1. The van der Waals surface area contributed by atoms with Crippen molar-refractivity contribution in [1.29, 1.82) is 0 Å². The van der Waals surface area contributed by atoms with E-state index in [0.29, 0.717) is 19.6 Å². The summed E-state index contributed by atoms with van der Waals surface area (Å²) in [4.78, 5) is 28.8. The Morgan fingerprint density at radius 3 is 1.93 bits per heavy atom. The van der Waals surface area contributed by atoms with Gasteiger partial charge in [0.15, 0.2) is 0 Å². The lowest BCUT2D eigenvalue weighted by molar-refractivity contribution is -0.125. The van der Waals surface area contributed by atoms with E-state index in [1.165, 1.54) is 0 Å². The molecule has 1 aliphatic heterocycles. The SMILES string of the molecule is CC(NC(=O)CN1CCN(CC(=O)NCc2ccccc2)CC1)c1ccccc1. The van der Waals surface area contributed by atoms with Crippen LogP contribution in [0, 0.1) is 0 Å². The van der Waals surface area contributed by atoms with E-state index in [-0.39, 0.29) is 17.9 Å². The van der Waals surface area contributed by atoms with Crippen molar-refractivity contribution in [3.8, 4) is 0 Å². The number of rotatable bonds is 8. The van der Waals surface area contributed by atoms with Gasteiger partial charge in [-0.2, -0.15) is 0 Å². The Labute approximate surface area is 172 Å². The smallest absolute Gasteiger partial charge is 0.234 e. The largest absolute Gasteiger partial charge is 0.351 e. The summed E-state index contributed by atoms with van der Waals surface area (Å²) < 4.78 is 0. The van der Waals surface area contributed by atoms with E-state index in [4.69, 9.17) is 0 Å². The maximum atomic E-state index is 12.3. The Balaban J connectivity index is 1.33. The summed E-state index contributed by atoms with van der Waals surface area (Å²) in [6.45, 7) is 6.51. The van der Waals surface area contributed by atoms with E-state index in [1.54, 1.807) is 0 Å². The number of hydrogen-bond donors (Lipinski definition) is 2. The maximum absolute atomic E-state index is 12.3. The summed E-state index contributed by atoms with van der Waals surface area (Å²) in [5.41, 5.74) is 2.20. The molecular formula is C23H30N4O2. The van der Waals surface area contributed by atoms with E-state index in [0.717, 1.165) is 37.3 Å². The van der Waals surface area contributed by atoms with Gasteiger partial charge in [-0.3, -0.25) is 19.4 Å². The van der Waals surface area contributed by atoms with Gasteiger partial charge in [-0.25, -0.2) is 0 Å². The van der Waals surface area contributed by atoms with Gasteiger partial charge in [0, 0.05) is 32.7 Å². The molecule has 3 rings (SSSR count). The van der Waals surface area contributed by atoms with E-state index in [1.807, 2.05) is 67.6 Å². The zero-order chi connectivity index (χ0) is 20.5. The third-order valence-corrected chi connectivity index (χ3v) is 5.21. The molecular weight excluding hydrogens is 364 g/mol. The van der Waals surface area contributed by atoms with Gasteiger partial charge in [0.1, 0.15) is 0 Å². The van der Waals surface area contributed by atoms with Crippen molar-refractivity contribution in [3.05, 3.63) is 71.8 Å². The standard InChI is InChI=1S/C23H30N4O2/c1-19(21-10-6-3-7-11-21)25-23(29)18-27-14-12-26(13-15-27)17-22(28)24-16-20-8-4-2-5-9-20/h2-11,19H,12-18H2,1H3,(H,24,28)(H,25,29). The van der Waals surface area contributed by atoms with Gasteiger partial charge < -0.3 is 10.6 Å². The maximum Gasteiger partial charge on any atom is 0.234 e. The molecule has 6 nitrogen and oxygen atoms in total. The minimum Gasteiger partial charge on any atom is -0.351 e. The first-order valence-electron chi connectivity index (χ1n) is 10.2. The molecule has 0 aliphatic carbocycles. The number of nitrogens with one attached hydrogen (secondary N) is 2. The third kappa shape index (κ3) is 7.00. The summed E-state index contributed by atoms with van der Waals surface area (Å²) in [7, 11) is 0.